The molecule has 33 heavy (non-hydrogen) atoms. The molecule has 1 aliphatic rings. The Bertz CT molecular complexity index is 1280. The molecular weight excluding hydrogens is 416 g/mol. The first-order valence-electron chi connectivity index (χ1n) is 11.1. The number of hydrogen-bond donors (Lipinski definition) is 2. The first-order chi connectivity index (χ1) is 16.1. The number of nitrogens with zero attached hydrogens (tertiary/aromatic N) is 4. The van der Waals surface area contributed by atoms with E-state index in [1.165, 1.54) is 0 Å². The molecule has 4 aromatic rings. The van der Waals surface area contributed by atoms with Gasteiger partial charge in [-0.2, -0.15) is 0 Å². The molecule has 3 aromatic heterocycles. The van der Waals surface area contributed by atoms with E-state index in [1.807, 2.05) is 44.4 Å². The van der Waals surface area contributed by atoms with Gasteiger partial charge >= 0.3 is 0 Å². The number of aryl methyl sites for hydroxylation is 1. The molecule has 0 bridgehead atoms. The quantitative estimate of drug-likeness (QED) is 0.490. The van der Waals surface area contributed by atoms with Crippen molar-refractivity contribution in [1.82, 2.24) is 25.3 Å². The molecule has 8 nitrogen and oxygen atoms in total. The van der Waals surface area contributed by atoms with Crippen LogP contribution in [0.1, 0.15) is 34.7 Å². The molecule has 1 saturated heterocycles. The fraction of sp³-hybridized carbons (Fsp3) is 0.280. The number of carbonyl (C=O) groups is 1. The number of morpholine rings is 1. The van der Waals surface area contributed by atoms with Crippen LogP contribution in [-0.2, 0) is 4.74 Å². The molecule has 1 fully saturated rings. The Morgan fingerprint density at radius 3 is 2.67 bits per heavy atom. The Labute approximate surface area is 192 Å². The molecule has 5 rings (SSSR count). The zero-order chi connectivity index (χ0) is 22.8. The van der Waals surface area contributed by atoms with Gasteiger partial charge in [-0.15, -0.1) is 0 Å². The number of rotatable bonds is 5. The summed E-state index contributed by atoms with van der Waals surface area (Å²) >= 11 is 0. The number of anilines is 1. The van der Waals surface area contributed by atoms with Crippen molar-refractivity contribution in [3.05, 3.63) is 72.1 Å². The molecule has 1 aromatic carbocycles. The number of fused-ring (bicyclic) bond motifs is 1. The van der Waals surface area contributed by atoms with Gasteiger partial charge in [0.25, 0.3) is 5.91 Å². The number of pyridine rings is 1. The van der Waals surface area contributed by atoms with Crippen molar-refractivity contribution in [2.75, 3.05) is 31.2 Å². The van der Waals surface area contributed by atoms with Gasteiger partial charge in [-0.05, 0) is 25.5 Å². The number of hydrogen-bond acceptors (Lipinski definition) is 6. The summed E-state index contributed by atoms with van der Waals surface area (Å²) in [6.45, 7) is 7.12. The molecule has 1 amide bonds. The first kappa shape index (κ1) is 21.1. The molecule has 0 spiro atoms. The van der Waals surface area contributed by atoms with E-state index in [1.54, 1.807) is 12.4 Å². The number of ether oxygens (including phenoxy) is 1. The topological polar surface area (TPSA) is 96.0 Å². The summed E-state index contributed by atoms with van der Waals surface area (Å²) in [5, 5.41) is 3.96. The fourth-order valence-corrected chi connectivity index (χ4v) is 4.09. The Kier molecular flexibility index (Phi) is 5.75. The zero-order valence-electron chi connectivity index (χ0n) is 18.7. The molecule has 0 saturated carbocycles. The predicted molar refractivity (Wildman–Crippen MR) is 127 cm³/mol. The summed E-state index contributed by atoms with van der Waals surface area (Å²) in [6, 6.07) is 10.1. The van der Waals surface area contributed by atoms with Crippen LogP contribution < -0.4 is 10.2 Å². The Hall–Kier alpha value is -3.78. The van der Waals surface area contributed by atoms with Crippen molar-refractivity contribution in [1.29, 1.82) is 0 Å². The smallest absolute Gasteiger partial charge is 0.289 e. The number of aromatic amines is 1. The molecule has 0 aliphatic carbocycles. The van der Waals surface area contributed by atoms with Gasteiger partial charge in [-0.25, -0.2) is 15.0 Å². The summed E-state index contributed by atoms with van der Waals surface area (Å²) in [5.41, 5.74) is 5.84. The van der Waals surface area contributed by atoms with Crippen molar-refractivity contribution in [2.45, 2.75) is 19.9 Å². The minimum absolute atomic E-state index is 0.140. The minimum atomic E-state index is -0.300. The molecule has 1 aliphatic heterocycles. The van der Waals surface area contributed by atoms with Crippen molar-refractivity contribution < 1.29 is 9.53 Å². The van der Waals surface area contributed by atoms with E-state index < -0.39 is 0 Å². The average molecular weight is 443 g/mol. The lowest BCUT2D eigenvalue weighted by Gasteiger charge is -2.28. The lowest BCUT2D eigenvalue weighted by Crippen LogP contribution is -2.36. The monoisotopic (exact) mass is 442 g/mol. The van der Waals surface area contributed by atoms with Crippen LogP contribution in [0, 0.1) is 6.92 Å². The van der Waals surface area contributed by atoms with Crippen LogP contribution in [0.2, 0.25) is 0 Å². The Morgan fingerprint density at radius 2 is 1.91 bits per heavy atom. The molecule has 2 N–H and O–H groups in total. The van der Waals surface area contributed by atoms with Gasteiger partial charge in [0.2, 0.25) is 5.82 Å². The lowest BCUT2D eigenvalue weighted by molar-refractivity contribution is 0.0929. The lowest BCUT2D eigenvalue weighted by atomic mass is 10.1. The van der Waals surface area contributed by atoms with Gasteiger partial charge in [-0.3, -0.25) is 4.79 Å². The van der Waals surface area contributed by atoms with Gasteiger partial charge < -0.3 is 19.9 Å². The number of H-pyrrole nitrogens is 1. The van der Waals surface area contributed by atoms with Gasteiger partial charge in [0, 0.05) is 48.2 Å². The highest BCUT2D eigenvalue weighted by Crippen LogP contribution is 2.30. The largest absolute Gasteiger partial charge is 0.378 e. The molecular formula is C25H26N6O2. The third-order valence-electron chi connectivity index (χ3n) is 5.95. The second-order valence-electron chi connectivity index (χ2n) is 8.30. The van der Waals surface area contributed by atoms with E-state index in [0.29, 0.717) is 0 Å². The number of benzene rings is 1. The highest BCUT2D eigenvalue weighted by molar-refractivity contribution is 5.95. The van der Waals surface area contributed by atoms with Crippen molar-refractivity contribution in [3.63, 3.8) is 0 Å². The normalized spacial score (nSPS) is 14.9. The summed E-state index contributed by atoms with van der Waals surface area (Å²) in [4.78, 5) is 31.4. The molecule has 168 valence electrons. The standard InChI is InChI=1S/C25H26N6O2/c1-16-4-3-5-18(10-16)17(2)30-25(32)24-26-12-19(13-27-24)22-15-29-23-21(22)11-20(14-28-23)31-6-8-33-9-7-31/h3-5,10-15,17H,6-9H2,1-2H3,(H,28,29)(H,30,32). The van der Waals surface area contributed by atoms with E-state index in [-0.39, 0.29) is 17.8 Å². The SMILES string of the molecule is Cc1cccc(C(C)NC(=O)c2ncc(-c3c[nH]c4ncc(N5CCOCC5)cc34)cn2)c1. The summed E-state index contributed by atoms with van der Waals surface area (Å²) in [6.07, 6.45) is 7.15. The van der Waals surface area contributed by atoms with Gasteiger partial charge in [-0.1, -0.05) is 29.8 Å². The predicted octanol–water partition coefficient (Wildman–Crippen LogP) is 3.66. The first-order valence-corrected chi connectivity index (χ1v) is 11.1. The van der Waals surface area contributed by atoms with Crippen molar-refractivity contribution >= 4 is 22.6 Å². The van der Waals surface area contributed by atoms with Gasteiger partial charge in [0.05, 0.1) is 31.1 Å². The van der Waals surface area contributed by atoms with E-state index in [4.69, 9.17) is 4.74 Å². The van der Waals surface area contributed by atoms with Crippen LogP contribution in [0.4, 0.5) is 5.69 Å². The van der Waals surface area contributed by atoms with Crippen LogP contribution >= 0.6 is 0 Å². The van der Waals surface area contributed by atoms with Gasteiger partial charge in [0.1, 0.15) is 5.65 Å². The summed E-state index contributed by atoms with van der Waals surface area (Å²) in [7, 11) is 0. The van der Waals surface area contributed by atoms with E-state index >= 15 is 0 Å². The second kappa shape index (κ2) is 8.99. The van der Waals surface area contributed by atoms with Crippen LogP contribution in [-0.4, -0.2) is 52.1 Å². The second-order valence-corrected chi connectivity index (χ2v) is 8.30. The Balaban J connectivity index is 1.35. The third kappa shape index (κ3) is 4.42. The van der Waals surface area contributed by atoms with Crippen molar-refractivity contribution in [3.8, 4) is 11.1 Å². The van der Waals surface area contributed by atoms with Crippen LogP contribution in [0.3, 0.4) is 0 Å². The molecule has 0 radical (unpaired) electrons. The molecule has 1 atom stereocenters. The fourth-order valence-electron chi connectivity index (χ4n) is 4.09. The highest BCUT2D eigenvalue weighted by Gasteiger charge is 2.17. The molecule has 8 heteroatoms. The molecule has 1 unspecified atom stereocenters. The summed E-state index contributed by atoms with van der Waals surface area (Å²) in [5.74, 6) is -0.157. The maximum absolute atomic E-state index is 12.7. The van der Waals surface area contributed by atoms with Crippen molar-refractivity contribution in [2.24, 2.45) is 0 Å². The zero-order valence-corrected chi connectivity index (χ0v) is 18.7. The Morgan fingerprint density at radius 1 is 1.12 bits per heavy atom. The average Bonchev–Trinajstić information content (AvgIpc) is 3.28. The van der Waals surface area contributed by atoms with Crippen LogP contribution in [0.25, 0.3) is 22.2 Å². The number of aromatic nitrogens is 4. The number of carbonyl (C=O) groups excluding carboxylic acids is 1. The van der Waals surface area contributed by atoms with Crippen LogP contribution in [0.5, 0.6) is 0 Å². The van der Waals surface area contributed by atoms with E-state index in [2.05, 4.69) is 42.3 Å². The minimum Gasteiger partial charge on any atom is -0.378 e. The summed E-state index contributed by atoms with van der Waals surface area (Å²) < 4.78 is 5.45. The molecule has 4 heterocycles. The maximum Gasteiger partial charge on any atom is 0.289 e. The van der Waals surface area contributed by atoms with E-state index in [0.717, 1.165) is 65.3 Å². The number of nitrogens with one attached hydrogen (secondary N) is 2. The van der Waals surface area contributed by atoms with E-state index in [9.17, 15) is 4.79 Å². The number of amides is 1. The third-order valence-corrected chi connectivity index (χ3v) is 5.95. The van der Waals surface area contributed by atoms with Gasteiger partial charge in [0.15, 0.2) is 0 Å². The van der Waals surface area contributed by atoms with Crippen LogP contribution in [0.15, 0.2) is 55.1 Å². The highest BCUT2D eigenvalue weighted by atomic mass is 16.5. The maximum atomic E-state index is 12.7.